The van der Waals surface area contributed by atoms with Crippen LogP contribution in [0.3, 0.4) is 0 Å². The normalized spacial score (nSPS) is 10.6. The molecular formula is C28H30O4. The molecule has 32 heavy (non-hydrogen) atoms. The third-order valence-electron chi connectivity index (χ3n) is 5.21. The van der Waals surface area contributed by atoms with Gasteiger partial charge in [0.05, 0.1) is 17.7 Å². The third kappa shape index (κ3) is 6.55. The minimum atomic E-state index is -0.441. The standard InChI is InChI=1S/C28H30O4/c1-3-5-6-7-21-8-10-22(11-9-21)23-12-14-25(15-13-23)28(30)32-26-18-16-24(17-19-26)27(29)31-20-4-2/h8-19H,3-7,20H2,1-2H3. The number of benzene rings is 3. The topological polar surface area (TPSA) is 52.6 Å². The first-order valence-electron chi connectivity index (χ1n) is 11.3. The molecule has 0 saturated heterocycles. The number of esters is 2. The molecule has 4 nitrogen and oxygen atoms in total. The van der Waals surface area contributed by atoms with Gasteiger partial charge in [-0.05, 0) is 72.4 Å². The van der Waals surface area contributed by atoms with Crippen molar-refractivity contribution < 1.29 is 19.1 Å². The quantitative estimate of drug-likeness (QED) is 0.200. The molecule has 3 aromatic rings. The zero-order chi connectivity index (χ0) is 22.8. The molecule has 0 bridgehead atoms. The van der Waals surface area contributed by atoms with E-state index in [0.717, 1.165) is 24.0 Å². The first-order chi connectivity index (χ1) is 15.6. The van der Waals surface area contributed by atoms with Crippen molar-refractivity contribution in [2.45, 2.75) is 46.0 Å². The van der Waals surface area contributed by atoms with Crippen LogP contribution in [0.1, 0.15) is 65.8 Å². The average Bonchev–Trinajstić information content (AvgIpc) is 2.83. The molecule has 0 N–H and O–H groups in total. The second-order valence-corrected chi connectivity index (χ2v) is 7.78. The van der Waals surface area contributed by atoms with Crippen molar-refractivity contribution in [2.24, 2.45) is 0 Å². The van der Waals surface area contributed by atoms with Gasteiger partial charge in [-0.2, -0.15) is 0 Å². The highest BCUT2D eigenvalue weighted by Gasteiger charge is 2.11. The summed E-state index contributed by atoms with van der Waals surface area (Å²) in [5, 5.41) is 0. The number of hydrogen-bond donors (Lipinski definition) is 0. The average molecular weight is 431 g/mol. The van der Waals surface area contributed by atoms with Gasteiger partial charge in [-0.25, -0.2) is 9.59 Å². The monoisotopic (exact) mass is 430 g/mol. The second-order valence-electron chi connectivity index (χ2n) is 7.78. The zero-order valence-corrected chi connectivity index (χ0v) is 18.8. The Balaban J connectivity index is 1.58. The molecule has 0 spiro atoms. The molecule has 0 unspecified atom stereocenters. The summed E-state index contributed by atoms with van der Waals surface area (Å²) >= 11 is 0. The Hall–Kier alpha value is -3.40. The first-order valence-corrected chi connectivity index (χ1v) is 11.3. The van der Waals surface area contributed by atoms with Crippen LogP contribution in [-0.2, 0) is 11.2 Å². The number of rotatable bonds is 10. The molecule has 0 aliphatic rings. The summed E-state index contributed by atoms with van der Waals surface area (Å²) in [5.41, 5.74) is 4.42. The van der Waals surface area contributed by atoms with Gasteiger partial charge in [-0.3, -0.25) is 0 Å². The van der Waals surface area contributed by atoms with E-state index in [-0.39, 0.29) is 5.97 Å². The van der Waals surface area contributed by atoms with E-state index < -0.39 is 5.97 Å². The van der Waals surface area contributed by atoms with E-state index >= 15 is 0 Å². The maximum absolute atomic E-state index is 12.5. The molecule has 0 saturated carbocycles. The summed E-state index contributed by atoms with van der Waals surface area (Å²) in [6.45, 7) is 4.54. The largest absolute Gasteiger partial charge is 0.462 e. The summed E-state index contributed by atoms with van der Waals surface area (Å²) in [5.74, 6) is -0.441. The van der Waals surface area contributed by atoms with Crippen molar-refractivity contribution in [1.82, 2.24) is 0 Å². The van der Waals surface area contributed by atoms with E-state index in [1.807, 2.05) is 19.1 Å². The van der Waals surface area contributed by atoms with Crippen LogP contribution in [0.4, 0.5) is 0 Å². The van der Waals surface area contributed by atoms with E-state index in [1.165, 1.54) is 24.8 Å². The fourth-order valence-corrected chi connectivity index (χ4v) is 3.34. The molecule has 4 heteroatoms. The van der Waals surface area contributed by atoms with Gasteiger partial charge < -0.3 is 9.47 Å². The lowest BCUT2D eigenvalue weighted by atomic mass is 10.0. The molecule has 0 radical (unpaired) electrons. The van der Waals surface area contributed by atoms with Crippen molar-refractivity contribution in [2.75, 3.05) is 6.61 Å². The lowest BCUT2D eigenvalue weighted by Crippen LogP contribution is -2.09. The van der Waals surface area contributed by atoms with E-state index in [2.05, 4.69) is 31.2 Å². The first kappa shape index (κ1) is 23.3. The van der Waals surface area contributed by atoms with Crippen molar-refractivity contribution in [1.29, 1.82) is 0 Å². The Bertz CT molecular complexity index is 1000. The van der Waals surface area contributed by atoms with Crippen molar-refractivity contribution in [3.8, 4) is 16.9 Å². The highest BCUT2D eigenvalue weighted by atomic mass is 16.5. The Morgan fingerprint density at radius 1 is 0.656 bits per heavy atom. The van der Waals surface area contributed by atoms with Crippen LogP contribution >= 0.6 is 0 Å². The predicted octanol–water partition coefficient (Wildman–Crippen LogP) is 6.87. The van der Waals surface area contributed by atoms with Crippen LogP contribution < -0.4 is 4.74 Å². The zero-order valence-electron chi connectivity index (χ0n) is 18.8. The lowest BCUT2D eigenvalue weighted by Gasteiger charge is -2.08. The van der Waals surface area contributed by atoms with Crippen LogP contribution in [-0.4, -0.2) is 18.5 Å². The maximum Gasteiger partial charge on any atom is 0.343 e. The highest BCUT2D eigenvalue weighted by molar-refractivity contribution is 5.92. The highest BCUT2D eigenvalue weighted by Crippen LogP contribution is 2.22. The van der Waals surface area contributed by atoms with Gasteiger partial charge in [0.2, 0.25) is 0 Å². The van der Waals surface area contributed by atoms with Crippen LogP contribution in [0, 0.1) is 0 Å². The molecule has 0 aromatic heterocycles. The molecule has 3 rings (SSSR count). The molecule has 0 aliphatic heterocycles. The van der Waals surface area contributed by atoms with Gasteiger partial charge >= 0.3 is 11.9 Å². The lowest BCUT2D eigenvalue weighted by molar-refractivity contribution is 0.0505. The number of carbonyl (C=O) groups excluding carboxylic acids is 2. The molecule has 166 valence electrons. The summed E-state index contributed by atoms with van der Waals surface area (Å²) in [4.78, 5) is 24.3. The molecule has 0 fully saturated rings. The van der Waals surface area contributed by atoms with Crippen molar-refractivity contribution in [3.05, 3.63) is 89.5 Å². The van der Waals surface area contributed by atoms with E-state index in [1.54, 1.807) is 36.4 Å². The summed E-state index contributed by atoms with van der Waals surface area (Å²) < 4.78 is 10.5. The van der Waals surface area contributed by atoms with Crippen molar-refractivity contribution >= 4 is 11.9 Å². The van der Waals surface area contributed by atoms with E-state index in [0.29, 0.717) is 23.5 Å². The summed E-state index contributed by atoms with van der Waals surface area (Å²) in [6, 6.07) is 22.4. The van der Waals surface area contributed by atoms with Gasteiger partial charge in [0, 0.05) is 0 Å². The van der Waals surface area contributed by atoms with Crippen molar-refractivity contribution in [3.63, 3.8) is 0 Å². The minimum absolute atomic E-state index is 0.379. The SMILES string of the molecule is CCCCCc1ccc(-c2ccc(C(=O)Oc3ccc(C(=O)OCCC)cc3)cc2)cc1. The van der Waals surface area contributed by atoms with Gasteiger partial charge in [0.25, 0.3) is 0 Å². The van der Waals surface area contributed by atoms with Crippen LogP contribution in [0.15, 0.2) is 72.8 Å². The molecule has 0 heterocycles. The van der Waals surface area contributed by atoms with Gasteiger partial charge in [-0.15, -0.1) is 0 Å². The number of aryl methyl sites for hydroxylation is 1. The van der Waals surface area contributed by atoms with E-state index in [9.17, 15) is 9.59 Å². The Labute approximate surface area is 190 Å². The van der Waals surface area contributed by atoms with E-state index in [4.69, 9.17) is 9.47 Å². The Kier molecular flexibility index (Phi) is 8.61. The van der Waals surface area contributed by atoms with Gasteiger partial charge in [-0.1, -0.05) is 63.1 Å². The Morgan fingerprint density at radius 2 is 1.22 bits per heavy atom. The molecular weight excluding hydrogens is 400 g/mol. The molecule has 0 atom stereocenters. The fraction of sp³-hybridized carbons (Fsp3) is 0.286. The Morgan fingerprint density at radius 3 is 1.81 bits per heavy atom. The number of hydrogen-bond acceptors (Lipinski definition) is 4. The predicted molar refractivity (Wildman–Crippen MR) is 127 cm³/mol. The summed E-state index contributed by atoms with van der Waals surface area (Å²) in [7, 11) is 0. The summed E-state index contributed by atoms with van der Waals surface area (Å²) in [6.07, 6.45) is 5.59. The smallest absolute Gasteiger partial charge is 0.343 e. The van der Waals surface area contributed by atoms with Gasteiger partial charge in [0.15, 0.2) is 0 Å². The second kappa shape index (κ2) is 11.8. The fourth-order valence-electron chi connectivity index (χ4n) is 3.34. The molecule has 3 aromatic carbocycles. The van der Waals surface area contributed by atoms with Gasteiger partial charge in [0.1, 0.15) is 5.75 Å². The third-order valence-corrected chi connectivity index (χ3v) is 5.21. The number of carbonyl (C=O) groups is 2. The van der Waals surface area contributed by atoms with Crippen LogP contribution in [0.5, 0.6) is 5.75 Å². The number of ether oxygens (including phenoxy) is 2. The molecule has 0 aliphatic carbocycles. The van der Waals surface area contributed by atoms with Crippen LogP contribution in [0.25, 0.3) is 11.1 Å². The minimum Gasteiger partial charge on any atom is -0.462 e. The van der Waals surface area contributed by atoms with Crippen LogP contribution in [0.2, 0.25) is 0 Å². The molecule has 0 amide bonds. The maximum atomic E-state index is 12.5. The number of unbranched alkanes of at least 4 members (excludes halogenated alkanes) is 2.